The SMILES string of the molecule is COCCOCCCNC1C2C3CCC(C3)C12. The molecule has 17 heavy (non-hydrogen) atoms. The minimum absolute atomic E-state index is 0.712. The van der Waals surface area contributed by atoms with E-state index in [2.05, 4.69) is 5.32 Å². The van der Waals surface area contributed by atoms with Crippen LogP contribution in [0.25, 0.3) is 0 Å². The predicted octanol–water partition coefficient (Wildman–Crippen LogP) is 1.67. The van der Waals surface area contributed by atoms with Crippen molar-refractivity contribution in [2.75, 3.05) is 33.5 Å². The first kappa shape index (κ1) is 11.9. The highest BCUT2D eigenvalue weighted by molar-refractivity contribution is 5.16. The van der Waals surface area contributed by atoms with Gasteiger partial charge in [-0.15, -0.1) is 0 Å². The van der Waals surface area contributed by atoms with Crippen LogP contribution in [0.3, 0.4) is 0 Å². The molecule has 4 atom stereocenters. The Morgan fingerprint density at radius 1 is 1.06 bits per heavy atom. The minimum Gasteiger partial charge on any atom is -0.382 e. The van der Waals surface area contributed by atoms with Crippen molar-refractivity contribution in [3.05, 3.63) is 0 Å². The van der Waals surface area contributed by atoms with Crippen molar-refractivity contribution in [2.24, 2.45) is 23.7 Å². The third kappa shape index (κ3) is 2.38. The van der Waals surface area contributed by atoms with Crippen LogP contribution in [-0.2, 0) is 9.47 Å². The Balaban J connectivity index is 1.23. The molecule has 0 amide bonds. The van der Waals surface area contributed by atoms with E-state index in [0.29, 0.717) is 6.61 Å². The van der Waals surface area contributed by atoms with E-state index in [0.717, 1.165) is 55.9 Å². The second-order valence-corrected chi connectivity index (χ2v) is 5.93. The Bertz CT molecular complexity index is 243. The smallest absolute Gasteiger partial charge is 0.0700 e. The first-order valence-corrected chi connectivity index (χ1v) is 7.22. The van der Waals surface area contributed by atoms with Crippen LogP contribution in [0.5, 0.6) is 0 Å². The number of hydrogen-bond donors (Lipinski definition) is 1. The summed E-state index contributed by atoms with van der Waals surface area (Å²) in [6.45, 7) is 3.44. The summed E-state index contributed by atoms with van der Waals surface area (Å²) >= 11 is 0. The average Bonchev–Trinajstić information content (AvgIpc) is 2.74. The van der Waals surface area contributed by atoms with Gasteiger partial charge in [0.1, 0.15) is 0 Å². The topological polar surface area (TPSA) is 30.5 Å². The lowest BCUT2D eigenvalue weighted by Gasteiger charge is -2.10. The molecule has 0 aromatic rings. The van der Waals surface area contributed by atoms with Gasteiger partial charge in [-0.05, 0) is 55.9 Å². The highest BCUT2D eigenvalue weighted by Crippen LogP contribution is 2.65. The standard InChI is InChI=1S/C14H25NO2/c1-16-7-8-17-6-2-5-15-14-12-10-3-4-11(9-10)13(12)14/h10-15H,2-9H2,1H3. The zero-order chi connectivity index (χ0) is 11.7. The zero-order valence-electron chi connectivity index (χ0n) is 10.9. The van der Waals surface area contributed by atoms with Gasteiger partial charge in [-0.2, -0.15) is 0 Å². The molecule has 3 aliphatic rings. The molecule has 3 rings (SSSR count). The fourth-order valence-corrected chi connectivity index (χ4v) is 4.29. The van der Waals surface area contributed by atoms with E-state index in [9.17, 15) is 0 Å². The van der Waals surface area contributed by atoms with Crippen molar-refractivity contribution in [3.8, 4) is 0 Å². The average molecular weight is 239 g/mol. The molecular formula is C14H25NO2. The van der Waals surface area contributed by atoms with Crippen LogP contribution in [-0.4, -0.2) is 39.5 Å². The van der Waals surface area contributed by atoms with Gasteiger partial charge in [0.25, 0.3) is 0 Å². The van der Waals surface area contributed by atoms with Gasteiger partial charge in [0.2, 0.25) is 0 Å². The lowest BCUT2D eigenvalue weighted by Crippen LogP contribution is -2.25. The summed E-state index contributed by atoms with van der Waals surface area (Å²) in [4.78, 5) is 0. The lowest BCUT2D eigenvalue weighted by molar-refractivity contribution is 0.0693. The maximum absolute atomic E-state index is 5.46. The summed E-state index contributed by atoms with van der Waals surface area (Å²) in [5.41, 5.74) is 0. The normalized spacial score (nSPS) is 41.8. The molecule has 0 saturated heterocycles. The first-order chi connectivity index (χ1) is 8.42. The van der Waals surface area contributed by atoms with Gasteiger partial charge in [0.05, 0.1) is 13.2 Å². The molecule has 0 spiro atoms. The molecule has 0 heterocycles. The van der Waals surface area contributed by atoms with Gasteiger partial charge in [0.15, 0.2) is 0 Å². The predicted molar refractivity (Wildman–Crippen MR) is 66.9 cm³/mol. The summed E-state index contributed by atoms with van der Waals surface area (Å²) in [6.07, 6.45) is 5.72. The summed E-state index contributed by atoms with van der Waals surface area (Å²) in [7, 11) is 1.71. The van der Waals surface area contributed by atoms with Gasteiger partial charge < -0.3 is 14.8 Å². The molecule has 0 aromatic heterocycles. The largest absolute Gasteiger partial charge is 0.382 e. The highest BCUT2D eigenvalue weighted by Gasteiger charge is 2.64. The van der Waals surface area contributed by atoms with Crippen LogP contribution in [0.1, 0.15) is 25.7 Å². The maximum Gasteiger partial charge on any atom is 0.0700 e. The molecule has 3 fully saturated rings. The number of fused-ring (bicyclic) bond motifs is 5. The molecule has 0 aliphatic heterocycles. The lowest BCUT2D eigenvalue weighted by atomic mass is 10.0. The summed E-state index contributed by atoms with van der Waals surface area (Å²) in [6, 6.07) is 0.875. The van der Waals surface area contributed by atoms with Gasteiger partial charge >= 0.3 is 0 Å². The Kier molecular flexibility index (Phi) is 3.69. The van der Waals surface area contributed by atoms with Crippen LogP contribution in [0.15, 0.2) is 0 Å². The fourth-order valence-electron chi connectivity index (χ4n) is 4.29. The molecule has 3 aliphatic carbocycles. The molecule has 3 heteroatoms. The molecule has 3 nitrogen and oxygen atoms in total. The van der Waals surface area contributed by atoms with Gasteiger partial charge in [-0.1, -0.05) is 0 Å². The van der Waals surface area contributed by atoms with E-state index >= 15 is 0 Å². The molecule has 98 valence electrons. The van der Waals surface area contributed by atoms with Crippen LogP contribution >= 0.6 is 0 Å². The van der Waals surface area contributed by atoms with Gasteiger partial charge in [0, 0.05) is 19.8 Å². The van der Waals surface area contributed by atoms with Gasteiger partial charge in [-0.25, -0.2) is 0 Å². The summed E-state index contributed by atoms with van der Waals surface area (Å²) in [5, 5.41) is 3.74. The Labute approximate surface area is 104 Å². The fraction of sp³-hybridized carbons (Fsp3) is 1.00. The van der Waals surface area contributed by atoms with E-state index in [1.165, 1.54) is 12.8 Å². The van der Waals surface area contributed by atoms with Crippen molar-refractivity contribution >= 4 is 0 Å². The number of hydrogen-bond acceptors (Lipinski definition) is 3. The summed E-state index contributed by atoms with van der Waals surface area (Å²) in [5.74, 6) is 4.28. The third-order valence-corrected chi connectivity index (χ3v) is 5.01. The van der Waals surface area contributed by atoms with E-state index < -0.39 is 0 Å². The van der Waals surface area contributed by atoms with Crippen molar-refractivity contribution in [1.82, 2.24) is 5.32 Å². The second-order valence-electron chi connectivity index (χ2n) is 5.93. The molecule has 0 radical (unpaired) electrons. The minimum atomic E-state index is 0.712. The van der Waals surface area contributed by atoms with Crippen LogP contribution in [0, 0.1) is 23.7 Å². The van der Waals surface area contributed by atoms with Crippen LogP contribution in [0.2, 0.25) is 0 Å². The van der Waals surface area contributed by atoms with Crippen molar-refractivity contribution in [3.63, 3.8) is 0 Å². The van der Waals surface area contributed by atoms with Crippen LogP contribution in [0.4, 0.5) is 0 Å². The molecule has 4 unspecified atom stereocenters. The zero-order valence-corrected chi connectivity index (χ0v) is 10.9. The monoisotopic (exact) mass is 239 g/mol. The number of ether oxygens (including phenoxy) is 2. The molecular weight excluding hydrogens is 214 g/mol. The van der Waals surface area contributed by atoms with Crippen molar-refractivity contribution in [2.45, 2.75) is 31.7 Å². The van der Waals surface area contributed by atoms with E-state index in [-0.39, 0.29) is 0 Å². The van der Waals surface area contributed by atoms with Crippen molar-refractivity contribution in [1.29, 1.82) is 0 Å². The number of rotatable bonds is 8. The molecule has 1 N–H and O–H groups in total. The Morgan fingerprint density at radius 3 is 2.53 bits per heavy atom. The molecule has 0 aromatic carbocycles. The molecule has 3 saturated carbocycles. The third-order valence-electron chi connectivity index (χ3n) is 5.01. The van der Waals surface area contributed by atoms with Crippen molar-refractivity contribution < 1.29 is 9.47 Å². The maximum atomic E-state index is 5.46. The Hall–Kier alpha value is -0.120. The molecule has 2 bridgehead atoms. The number of methoxy groups -OCH3 is 1. The van der Waals surface area contributed by atoms with Crippen LogP contribution < -0.4 is 5.32 Å². The Morgan fingerprint density at radius 2 is 1.82 bits per heavy atom. The van der Waals surface area contributed by atoms with E-state index in [1.807, 2.05) is 0 Å². The quantitative estimate of drug-likeness (QED) is 0.654. The van der Waals surface area contributed by atoms with Gasteiger partial charge in [-0.3, -0.25) is 0 Å². The summed E-state index contributed by atoms with van der Waals surface area (Å²) < 4.78 is 10.4. The highest BCUT2D eigenvalue weighted by atomic mass is 16.5. The van der Waals surface area contributed by atoms with E-state index in [1.54, 1.807) is 13.5 Å². The van der Waals surface area contributed by atoms with E-state index in [4.69, 9.17) is 9.47 Å². The second kappa shape index (κ2) is 5.25. The first-order valence-electron chi connectivity index (χ1n) is 7.22. The number of nitrogens with one attached hydrogen (secondary N) is 1.